The standard InChI is InChI=1S/C14H20O/c1-11(15)9-12-5-4-8-14(10-12)13-6-2-3-7-13/h4-5,8,10-11,13,15H,2-3,6-7,9H2,1H3. The first-order valence-electron chi connectivity index (χ1n) is 6.02. The third-order valence-corrected chi connectivity index (χ3v) is 3.31. The molecule has 0 heterocycles. The monoisotopic (exact) mass is 204 g/mol. The van der Waals surface area contributed by atoms with Crippen molar-refractivity contribution in [3.05, 3.63) is 35.4 Å². The second-order valence-electron chi connectivity index (χ2n) is 4.78. The molecule has 0 aromatic heterocycles. The normalized spacial score (nSPS) is 19.3. The second-order valence-corrected chi connectivity index (χ2v) is 4.78. The van der Waals surface area contributed by atoms with Crippen LogP contribution in [0, 0.1) is 0 Å². The molecule has 1 atom stereocenters. The molecular formula is C14H20O. The van der Waals surface area contributed by atoms with Gasteiger partial charge < -0.3 is 5.11 Å². The average Bonchev–Trinajstić information content (AvgIpc) is 2.69. The maximum absolute atomic E-state index is 9.36. The van der Waals surface area contributed by atoms with Crippen LogP contribution < -0.4 is 0 Å². The van der Waals surface area contributed by atoms with Gasteiger partial charge in [-0.3, -0.25) is 0 Å². The van der Waals surface area contributed by atoms with Crippen LogP contribution in [0.5, 0.6) is 0 Å². The Balaban J connectivity index is 2.11. The minimum Gasteiger partial charge on any atom is -0.393 e. The van der Waals surface area contributed by atoms with Crippen molar-refractivity contribution in [2.45, 2.75) is 51.0 Å². The molecule has 82 valence electrons. The molecule has 1 saturated carbocycles. The summed E-state index contributed by atoms with van der Waals surface area (Å²) in [7, 11) is 0. The van der Waals surface area contributed by atoms with Gasteiger partial charge in [-0.15, -0.1) is 0 Å². The van der Waals surface area contributed by atoms with Crippen LogP contribution in [0.25, 0.3) is 0 Å². The Labute approximate surface area is 92.1 Å². The van der Waals surface area contributed by atoms with Crippen molar-refractivity contribution in [3.63, 3.8) is 0 Å². The maximum atomic E-state index is 9.36. The van der Waals surface area contributed by atoms with E-state index in [4.69, 9.17) is 0 Å². The van der Waals surface area contributed by atoms with E-state index in [0.29, 0.717) is 0 Å². The first-order chi connectivity index (χ1) is 7.25. The Kier molecular flexibility index (Phi) is 3.42. The van der Waals surface area contributed by atoms with Gasteiger partial charge in [0.05, 0.1) is 6.10 Å². The Hall–Kier alpha value is -0.820. The van der Waals surface area contributed by atoms with Crippen LogP contribution >= 0.6 is 0 Å². The van der Waals surface area contributed by atoms with Gasteiger partial charge in [0.2, 0.25) is 0 Å². The summed E-state index contributed by atoms with van der Waals surface area (Å²) in [4.78, 5) is 0. The van der Waals surface area contributed by atoms with Crippen molar-refractivity contribution in [3.8, 4) is 0 Å². The highest BCUT2D eigenvalue weighted by molar-refractivity contribution is 5.27. The number of hydrogen-bond acceptors (Lipinski definition) is 1. The molecule has 1 aliphatic carbocycles. The Morgan fingerprint density at radius 2 is 2.07 bits per heavy atom. The van der Waals surface area contributed by atoms with Gasteiger partial charge in [0.1, 0.15) is 0 Å². The minimum absolute atomic E-state index is 0.233. The van der Waals surface area contributed by atoms with E-state index in [1.807, 2.05) is 6.92 Å². The van der Waals surface area contributed by atoms with E-state index in [2.05, 4.69) is 24.3 Å². The molecule has 0 aliphatic heterocycles. The van der Waals surface area contributed by atoms with Crippen LogP contribution in [0.4, 0.5) is 0 Å². The predicted molar refractivity (Wildman–Crippen MR) is 63.0 cm³/mol. The van der Waals surface area contributed by atoms with E-state index in [1.165, 1.54) is 36.8 Å². The molecule has 1 nitrogen and oxygen atoms in total. The summed E-state index contributed by atoms with van der Waals surface area (Å²) < 4.78 is 0. The smallest absolute Gasteiger partial charge is 0.0552 e. The lowest BCUT2D eigenvalue weighted by atomic mass is 9.95. The third kappa shape index (κ3) is 2.82. The number of rotatable bonds is 3. The van der Waals surface area contributed by atoms with Gasteiger partial charge in [-0.1, -0.05) is 37.1 Å². The van der Waals surface area contributed by atoms with Gasteiger partial charge in [0.15, 0.2) is 0 Å². The van der Waals surface area contributed by atoms with Crippen LogP contribution in [0.1, 0.15) is 49.7 Å². The minimum atomic E-state index is -0.233. The fourth-order valence-corrected chi connectivity index (χ4v) is 2.57. The van der Waals surface area contributed by atoms with Crippen LogP contribution in [-0.2, 0) is 6.42 Å². The van der Waals surface area contributed by atoms with Crippen molar-refractivity contribution in [1.29, 1.82) is 0 Å². The first kappa shape index (κ1) is 10.7. The van der Waals surface area contributed by atoms with Gasteiger partial charge in [-0.05, 0) is 43.2 Å². The van der Waals surface area contributed by atoms with E-state index >= 15 is 0 Å². The van der Waals surface area contributed by atoms with Gasteiger partial charge >= 0.3 is 0 Å². The molecule has 0 amide bonds. The highest BCUT2D eigenvalue weighted by atomic mass is 16.3. The molecule has 1 N–H and O–H groups in total. The van der Waals surface area contributed by atoms with Gasteiger partial charge in [0.25, 0.3) is 0 Å². The van der Waals surface area contributed by atoms with Gasteiger partial charge in [-0.25, -0.2) is 0 Å². The van der Waals surface area contributed by atoms with Crippen molar-refractivity contribution >= 4 is 0 Å². The highest BCUT2D eigenvalue weighted by Gasteiger charge is 2.16. The summed E-state index contributed by atoms with van der Waals surface area (Å²) in [6, 6.07) is 8.76. The van der Waals surface area contributed by atoms with E-state index in [9.17, 15) is 5.11 Å². The lowest BCUT2D eigenvalue weighted by molar-refractivity contribution is 0.195. The van der Waals surface area contributed by atoms with Crippen molar-refractivity contribution in [2.24, 2.45) is 0 Å². The summed E-state index contributed by atoms with van der Waals surface area (Å²) in [5.74, 6) is 0.777. The molecule has 0 radical (unpaired) electrons. The van der Waals surface area contributed by atoms with Crippen LogP contribution in [0.3, 0.4) is 0 Å². The topological polar surface area (TPSA) is 20.2 Å². The zero-order valence-corrected chi connectivity index (χ0v) is 9.45. The molecule has 1 aromatic carbocycles. The summed E-state index contributed by atoms with van der Waals surface area (Å²) in [6.07, 6.45) is 6.00. The van der Waals surface area contributed by atoms with Crippen molar-refractivity contribution < 1.29 is 5.11 Å². The number of benzene rings is 1. The lowest BCUT2D eigenvalue weighted by Crippen LogP contribution is -2.04. The number of aliphatic hydroxyl groups excluding tert-OH is 1. The van der Waals surface area contributed by atoms with Crippen LogP contribution in [0.2, 0.25) is 0 Å². The molecule has 1 heteroatoms. The molecule has 1 aromatic rings. The zero-order chi connectivity index (χ0) is 10.7. The highest BCUT2D eigenvalue weighted by Crippen LogP contribution is 2.34. The van der Waals surface area contributed by atoms with Gasteiger partial charge in [0, 0.05) is 0 Å². The molecule has 1 aliphatic rings. The molecule has 0 saturated heterocycles. The number of aliphatic hydroxyl groups is 1. The van der Waals surface area contributed by atoms with Crippen LogP contribution in [-0.4, -0.2) is 11.2 Å². The summed E-state index contributed by atoms with van der Waals surface area (Å²) in [5.41, 5.74) is 2.75. The van der Waals surface area contributed by atoms with E-state index in [-0.39, 0.29) is 6.10 Å². The summed E-state index contributed by atoms with van der Waals surface area (Å²) in [6.45, 7) is 1.85. The van der Waals surface area contributed by atoms with Crippen LogP contribution in [0.15, 0.2) is 24.3 Å². The summed E-state index contributed by atoms with van der Waals surface area (Å²) in [5, 5.41) is 9.36. The molecule has 2 rings (SSSR count). The maximum Gasteiger partial charge on any atom is 0.0552 e. The second kappa shape index (κ2) is 4.80. The predicted octanol–water partition coefficient (Wildman–Crippen LogP) is 3.27. The Morgan fingerprint density at radius 3 is 2.73 bits per heavy atom. The van der Waals surface area contributed by atoms with E-state index < -0.39 is 0 Å². The summed E-state index contributed by atoms with van der Waals surface area (Å²) >= 11 is 0. The quantitative estimate of drug-likeness (QED) is 0.801. The SMILES string of the molecule is CC(O)Cc1cccc(C2CCCC2)c1. The van der Waals surface area contributed by atoms with Gasteiger partial charge in [-0.2, -0.15) is 0 Å². The van der Waals surface area contributed by atoms with E-state index in [0.717, 1.165) is 12.3 Å². The molecule has 15 heavy (non-hydrogen) atoms. The van der Waals surface area contributed by atoms with Crippen molar-refractivity contribution in [2.75, 3.05) is 0 Å². The fraction of sp³-hybridized carbons (Fsp3) is 0.571. The number of hydrogen-bond donors (Lipinski definition) is 1. The molecule has 0 spiro atoms. The average molecular weight is 204 g/mol. The molecular weight excluding hydrogens is 184 g/mol. The van der Waals surface area contributed by atoms with Crippen molar-refractivity contribution in [1.82, 2.24) is 0 Å². The lowest BCUT2D eigenvalue weighted by Gasteiger charge is -2.12. The third-order valence-electron chi connectivity index (χ3n) is 3.31. The zero-order valence-electron chi connectivity index (χ0n) is 9.45. The molecule has 0 bridgehead atoms. The Bertz CT molecular complexity index is 311. The fourth-order valence-electron chi connectivity index (χ4n) is 2.57. The Morgan fingerprint density at radius 1 is 1.33 bits per heavy atom. The molecule has 1 unspecified atom stereocenters. The molecule has 1 fully saturated rings. The largest absolute Gasteiger partial charge is 0.393 e. The first-order valence-corrected chi connectivity index (χ1v) is 6.02. The van der Waals surface area contributed by atoms with E-state index in [1.54, 1.807) is 0 Å².